The summed E-state index contributed by atoms with van der Waals surface area (Å²) in [5.41, 5.74) is 0.203. The normalized spacial score (nSPS) is 13.6. The molecule has 0 aliphatic rings. The maximum Gasteiger partial charge on any atom is 0.345 e. The number of aromatic nitrogens is 2. The van der Waals surface area contributed by atoms with Crippen LogP contribution in [0.1, 0.15) is 5.56 Å². The average molecular weight is 401 g/mol. The van der Waals surface area contributed by atoms with Gasteiger partial charge < -0.3 is 4.90 Å². The topological polar surface area (TPSA) is 108 Å². The fourth-order valence-electron chi connectivity index (χ4n) is 1.90. The molecule has 9 nitrogen and oxygen atoms in total. The van der Waals surface area contributed by atoms with Crippen LogP contribution < -0.4 is 4.90 Å². The number of rotatable bonds is 6. The minimum atomic E-state index is -4.92. The predicted molar refractivity (Wildman–Crippen MR) is 91.3 cm³/mol. The largest absolute Gasteiger partial charge is 0.378 e. The van der Waals surface area contributed by atoms with E-state index in [2.05, 4.69) is 24.1 Å². The first-order chi connectivity index (χ1) is 12.7. The van der Waals surface area contributed by atoms with Crippen LogP contribution in [0, 0.1) is 11.3 Å². The van der Waals surface area contributed by atoms with Crippen LogP contribution in [0.5, 0.6) is 0 Å². The number of nitriles is 1. The van der Waals surface area contributed by atoms with E-state index < -0.39 is 15.8 Å². The van der Waals surface area contributed by atoms with E-state index in [0.29, 0.717) is 5.69 Å². The summed E-state index contributed by atoms with van der Waals surface area (Å²) in [6.45, 7) is 0. The van der Waals surface area contributed by atoms with Gasteiger partial charge in [0.1, 0.15) is 23.0 Å². The zero-order valence-electron chi connectivity index (χ0n) is 14.4. The van der Waals surface area contributed by atoms with Crippen LogP contribution >= 0.6 is 0 Å². The molecule has 2 aromatic rings. The molecule has 1 heterocycles. The number of alkyl halides is 2. The van der Waals surface area contributed by atoms with Gasteiger partial charge in [0, 0.05) is 33.0 Å². The molecular formula is C14H14F3N7O2S. The molecule has 0 bridgehead atoms. The summed E-state index contributed by atoms with van der Waals surface area (Å²) in [4.78, 5) is 1.62. The zero-order chi connectivity index (χ0) is 20.2. The molecule has 0 spiro atoms. The molecule has 0 amide bonds. The summed E-state index contributed by atoms with van der Waals surface area (Å²) >= 11 is 0. The molecule has 0 aliphatic heterocycles. The van der Waals surface area contributed by atoms with E-state index in [0.717, 1.165) is 0 Å². The molecular weight excluding hydrogens is 387 g/mol. The van der Waals surface area contributed by atoms with Crippen LogP contribution in [0.25, 0.3) is 0 Å². The van der Waals surface area contributed by atoms with Crippen LogP contribution in [0.2, 0.25) is 0 Å². The SMILES string of the molecule is CN(C)c1ccc(N=Nc2nn(C)cc2C#N)c(N=S(=O)(OF)C(F)F)c1. The highest BCUT2D eigenvalue weighted by Gasteiger charge is 2.25. The van der Waals surface area contributed by atoms with Crippen LogP contribution in [-0.2, 0) is 21.4 Å². The fourth-order valence-corrected chi connectivity index (χ4v) is 2.48. The van der Waals surface area contributed by atoms with E-state index in [-0.39, 0.29) is 22.8 Å². The Hall–Kier alpha value is -2.98. The lowest BCUT2D eigenvalue weighted by molar-refractivity contribution is -0.000950. The van der Waals surface area contributed by atoms with Gasteiger partial charge in [-0.25, -0.2) is 4.21 Å². The number of aryl methyl sites for hydroxylation is 1. The Labute approximate surface area is 153 Å². The quantitative estimate of drug-likeness (QED) is 0.682. The second kappa shape index (κ2) is 8.14. The Balaban J connectivity index is 2.60. The van der Waals surface area contributed by atoms with Crippen molar-refractivity contribution >= 4 is 32.9 Å². The Morgan fingerprint density at radius 3 is 2.59 bits per heavy atom. The highest BCUT2D eigenvalue weighted by atomic mass is 32.2. The molecule has 1 aromatic carbocycles. The second-order valence-corrected chi connectivity index (χ2v) is 7.04. The van der Waals surface area contributed by atoms with Crippen LogP contribution in [-0.4, -0.2) is 33.8 Å². The number of hydrogen-bond donors (Lipinski definition) is 0. The molecule has 0 saturated carbocycles. The number of benzene rings is 1. The van der Waals surface area contributed by atoms with Gasteiger partial charge in [0.15, 0.2) is 0 Å². The van der Waals surface area contributed by atoms with Gasteiger partial charge in [-0.3, -0.25) is 4.68 Å². The van der Waals surface area contributed by atoms with E-state index in [1.165, 1.54) is 23.0 Å². The van der Waals surface area contributed by atoms with Crippen molar-refractivity contribution in [3.63, 3.8) is 0 Å². The van der Waals surface area contributed by atoms with Crippen molar-refractivity contribution < 1.29 is 21.9 Å². The molecule has 13 heteroatoms. The van der Waals surface area contributed by atoms with Gasteiger partial charge in [-0.2, -0.15) is 18.4 Å². The van der Waals surface area contributed by atoms with Gasteiger partial charge in [0.25, 0.3) is 10.0 Å². The molecule has 1 atom stereocenters. The fraction of sp³-hybridized carbons (Fsp3) is 0.286. The first kappa shape index (κ1) is 20.3. The van der Waals surface area contributed by atoms with Gasteiger partial charge >= 0.3 is 5.76 Å². The van der Waals surface area contributed by atoms with Crippen LogP contribution in [0.4, 0.5) is 36.2 Å². The smallest absolute Gasteiger partial charge is 0.345 e. The minimum absolute atomic E-state index is 0.0148. The number of halogens is 3. The predicted octanol–water partition coefficient (Wildman–Crippen LogP) is 3.91. The molecule has 0 N–H and O–H groups in total. The maximum absolute atomic E-state index is 12.9. The van der Waals surface area contributed by atoms with E-state index in [1.54, 1.807) is 32.1 Å². The summed E-state index contributed by atoms with van der Waals surface area (Å²) < 4.78 is 57.5. The molecule has 1 unspecified atom stereocenters. The highest BCUT2D eigenvalue weighted by molar-refractivity contribution is 7.89. The number of nitrogens with zero attached hydrogens (tertiary/aromatic N) is 7. The molecule has 2 rings (SSSR count). The van der Waals surface area contributed by atoms with Crippen molar-refractivity contribution in [2.24, 2.45) is 21.6 Å². The Morgan fingerprint density at radius 1 is 1.33 bits per heavy atom. The van der Waals surface area contributed by atoms with E-state index in [1.807, 2.05) is 6.07 Å². The van der Waals surface area contributed by atoms with Gasteiger partial charge in [-0.1, -0.05) is 4.39 Å². The Morgan fingerprint density at radius 2 is 2.04 bits per heavy atom. The number of azo groups is 1. The van der Waals surface area contributed by atoms with Gasteiger partial charge in [0.05, 0.1) is 0 Å². The van der Waals surface area contributed by atoms with Crippen LogP contribution in [0.15, 0.2) is 39.0 Å². The monoisotopic (exact) mass is 401 g/mol. The summed E-state index contributed by atoms with van der Waals surface area (Å²) in [7, 11) is -0.00802. The molecule has 0 saturated heterocycles. The lowest BCUT2D eigenvalue weighted by Gasteiger charge is -2.13. The standard InChI is InChI=1S/C14H14F3N7O2S/c1-23(2)10-4-5-11(12(6-10)22-27(25,26-17)14(15)16)19-20-13-9(7-18)8-24(3)21-13/h4-6,8,14H,1-3H3. The molecule has 0 radical (unpaired) electrons. The van der Waals surface area contributed by atoms with Crippen molar-refractivity contribution in [1.29, 1.82) is 5.26 Å². The molecule has 1 aromatic heterocycles. The van der Waals surface area contributed by atoms with Crippen molar-refractivity contribution in [2.45, 2.75) is 5.76 Å². The summed E-state index contributed by atoms with van der Waals surface area (Å²) in [5, 5.41) is 20.5. The first-order valence-corrected chi connectivity index (χ1v) is 8.71. The van der Waals surface area contributed by atoms with Gasteiger partial charge in [-0.05, 0) is 22.7 Å². The lowest BCUT2D eigenvalue weighted by atomic mass is 10.2. The third kappa shape index (κ3) is 4.60. The van der Waals surface area contributed by atoms with Crippen molar-refractivity contribution in [3.05, 3.63) is 30.0 Å². The maximum atomic E-state index is 12.9. The number of anilines is 1. The number of hydrogen-bond acceptors (Lipinski definition) is 8. The van der Waals surface area contributed by atoms with E-state index in [9.17, 15) is 17.5 Å². The minimum Gasteiger partial charge on any atom is -0.378 e. The first-order valence-electron chi connectivity index (χ1n) is 7.21. The third-order valence-electron chi connectivity index (χ3n) is 3.20. The summed E-state index contributed by atoms with van der Waals surface area (Å²) in [6, 6.07) is 6.06. The Bertz CT molecular complexity index is 1020. The molecule has 0 fully saturated rings. The molecule has 144 valence electrons. The van der Waals surface area contributed by atoms with Crippen molar-refractivity contribution in [3.8, 4) is 6.07 Å². The van der Waals surface area contributed by atoms with E-state index >= 15 is 0 Å². The Kier molecular flexibility index (Phi) is 6.13. The van der Waals surface area contributed by atoms with Crippen molar-refractivity contribution in [2.75, 3.05) is 19.0 Å². The van der Waals surface area contributed by atoms with Gasteiger partial charge in [-0.15, -0.1) is 15.3 Å². The highest BCUT2D eigenvalue weighted by Crippen LogP contribution is 2.35. The van der Waals surface area contributed by atoms with Crippen molar-refractivity contribution in [1.82, 2.24) is 9.78 Å². The molecule has 27 heavy (non-hydrogen) atoms. The van der Waals surface area contributed by atoms with Gasteiger partial charge in [0.2, 0.25) is 5.82 Å². The zero-order valence-corrected chi connectivity index (χ0v) is 15.2. The molecule has 0 aliphatic carbocycles. The third-order valence-corrected chi connectivity index (χ3v) is 4.28. The summed E-state index contributed by atoms with van der Waals surface area (Å²) in [6.07, 6.45) is 1.41. The summed E-state index contributed by atoms with van der Waals surface area (Å²) in [5.74, 6) is -3.70. The van der Waals surface area contributed by atoms with Crippen LogP contribution in [0.3, 0.4) is 0 Å². The second-order valence-electron chi connectivity index (χ2n) is 5.35. The van der Waals surface area contributed by atoms with E-state index in [4.69, 9.17) is 5.26 Å². The average Bonchev–Trinajstić information content (AvgIpc) is 2.99. The lowest BCUT2D eigenvalue weighted by Crippen LogP contribution is -2.11.